The Balaban J connectivity index is 1.26. The number of hydrogen-bond donors (Lipinski definition) is 1. The standard InChI is InChI=1S/C34H51N3O7/c1-38-16-3-11-37-15-22-42-31-10-5-27(23-30(31)37)26-44-33-25-35-24-32(43-21-14-36-12-19-40-20-13-36)34(33)28-6-8-29(9-7-28)41-18-4-17-39-2/h5-10,23,32-35H,3-4,11-22,24-26H2,1-2H3/t32?,33-,34?/m0/s1. The van der Waals surface area contributed by atoms with E-state index in [1.807, 2.05) is 0 Å². The first-order valence-corrected chi connectivity index (χ1v) is 16.2. The van der Waals surface area contributed by atoms with E-state index in [4.69, 9.17) is 33.2 Å². The molecule has 0 aliphatic carbocycles. The molecule has 1 N–H and O–H groups in total. The summed E-state index contributed by atoms with van der Waals surface area (Å²) in [5.74, 6) is 1.90. The van der Waals surface area contributed by atoms with Gasteiger partial charge in [0.05, 0.1) is 57.5 Å². The quantitative estimate of drug-likeness (QED) is 0.269. The van der Waals surface area contributed by atoms with Crippen molar-refractivity contribution in [2.45, 2.75) is 37.6 Å². The highest BCUT2D eigenvalue weighted by molar-refractivity contribution is 5.61. The molecular formula is C34H51N3O7. The molecule has 3 aliphatic heterocycles. The lowest BCUT2D eigenvalue weighted by molar-refractivity contribution is -0.0662. The van der Waals surface area contributed by atoms with E-state index in [1.54, 1.807) is 14.2 Å². The van der Waals surface area contributed by atoms with Crippen LogP contribution in [0.15, 0.2) is 42.5 Å². The molecule has 2 saturated heterocycles. The van der Waals surface area contributed by atoms with Gasteiger partial charge in [-0.3, -0.25) is 4.90 Å². The Labute approximate surface area is 262 Å². The number of piperidine rings is 1. The first-order chi connectivity index (χ1) is 21.7. The van der Waals surface area contributed by atoms with Crippen molar-refractivity contribution in [2.24, 2.45) is 0 Å². The highest BCUT2D eigenvalue weighted by atomic mass is 16.5. The Bertz CT molecular complexity index is 1100. The number of fused-ring (bicyclic) bond motifs is 1. The highest BCUT2D eigenvalue weighted by Crippen LogP contribution is 2.35. The normalized spacial score (nSPS) is 22.4. The number of rotatable bonds is 17. The minimum atomic E-state index is -0.0457. The van der Waals surface area contributed by atoms with Crippen LogP contribution in [0.25, 0.3) is 0 Å². The van der Waals surface area contributed by atoms with Crippen molar-refractivity contribution in [3.8, 4) is 11.5 Å². The number of nitrogens with one attached hydrogen (secondary N) is 1. The lowest BCUT2D eigenvalue weighted by atomic mass is 9.85. The molecule has 0 bridgehead atoms. The third kappa shape index (κ3) is 9.53. The molecule has 3 atom stereocenters. The number of benzene rings is 2. The van der Waals surface area contributed by atoms with Crippen molar-refractivity contribution in [1.82, 2.24) is 10.2 Å². The van der Waals surface area contributed by atoms with Crippen LogP contribution in [0.5, 0.6) is 11.5 Å². The second kappa shape index (κ2) is 17.9. The van der Waals surface area contributed by atoms with Gasteiger partial charge in [-0.2, -0.15) is 0 Å². The van der Waals surface area contributed by atoms with E-state index in [-0.39, 0.29) is 18.1 Å². The first-order valence-electron chi connectivity index (χ1n) is 16.2. The van der Waals surface area contributed by atoms with Gasteiger partial charge in [-0.15, -0.1) is 0 Å². The number of nitrogens with zero attached hydrogens (tertiary/aromatic N) is 2. The molecule has 2 aromatic carbocycles. The maximum absolute atomic E-state index is 6.72. The van der Waals surface area contributed by atoms with Crippen molar-refractivity contribution < 1.29 is 33.2 Å². The van der Waals surface area contributed by atoms with Gasteiger partial charge in [-0.25, -0.2) is 0 Å². The molecule has 0 spiro atoms. The average molecular weight is 614 g/mol. The van der Waals surface area contributed by atoms with Crippen LogP contribution in [0.3, 0.4) is 0 Å². The van der Waals surface area contributed by atoms with Gasteiger partial charge in [0.2, 0.25) is 0 Å². The smallest absolute Gasteiger partial charge is 0.142 e. The maximum atomic E-state index is 6.72. The van der Waals surface area contributed by atoms with Gasteiger partial charge >= 0.3 is 0 Å². The third-order valence-electron chi connectivity index (χ3n) is 8.59. The number of morpholine rings is 1. The molecule has 244 valence electrons. The van der Waals surface area contributed by atoms with Crippen LogP contribution < -0.4 is 19.7 Å². The summed E-state index contributed by atoms with van der Waals surface area (Å²) in [7, 11) is 3.47. The Hall–Kier alpha value is -2.44. The molecule has 3 aliphatic rings. The fraction of sp³-hybridized carbons (Fsp3) is 0.647. The zero-order valence-corrected chi connectivity index (χ0v) is 26.5. The van der Waals surface area contributed by atoms with Crippen molar-refractivity contribution >= 4 is 5.69 Å². The highest BCUT2D eigenvalue weighted by Gasteiger charge is 2.36. The minimum Gasteiger partial charge on any atom is -0.494 e. The van der Waals surface area contributed by atoms with Crippen LogP contribution in [0.4, 0.5) is 5.69 Å². The molecule has 44 heavy (non-hydrogen) atoms. The summed E-state index contributed by atoms with van der Waals surface area (Å²) < 4.78 is 41.1. The van der Waals surface area contributed by atoms with Crippen molar-refractivity contribution in [2.75, 3.05) is 111 Å². The van der Waals surface area contributed by atoms with Crippen LogP contribution in [0.1, 0.15) is 29.9 Å². The van der Waals surface area contributed by atoms with E-state index >= 15 is 0 Å². The van der Waals surface area contributed by atoms with E-state index in [0.717, 1.165) is 101 Å². The van der Waals surface area contributed by atoms with Crippen LogP contribution in [0.2, 0.25) is 0 Å². The predicted molar refractivity (Wildman–Crippen MR) is 170 cm³/mol. The molecule has 5 rings (SSSR count). The summed E-state index contributed by atoms with van der Waals surface area (Å²) in [6.45, 7) is 11.8. The lowest BCUT2D eigenvalue weighted by Gasteiger charge is -2.39. The van der Waals surface area contributed by atoms with E-state index in [9.17, 15) is 0 Å². The summed E-state index contributed by atoms with van der Waals surface area (Å²) in [5, 5.41) is 3.59. The molecule has 2 aromatic rings. The van der Waals surface area contributed by atoms with Gasteiger partial charge in [-0.05, 0) is 41.8 Å². The number of hydrogen-bond acceptors (Lipinski definition) is 10. The Morgan fingerprint density at radius 2 is 1.57 bits per heavy atom. The van der Waals surface area contributed by atoms with Crippen LogP contribution in [-0.4, -0.2) is 123 Å². The lowest BCUT2D eigenvalue weighted by Crippen LogP contribution is -2.51. The summed E-state index contributed by atoms with van der Waals surface area (Å²) in [6, 6.07) is 14.9. The molecule has 2 unspecified atom stereocenters. The molecule has 0 aromatic heterocycles. The number of methoxy groups -OCH3 is 2. The van der Waals surface area contributed by atoms with Gasteiger partial charge in [-0.1, -0.05) is 18.2 Å². The monoisotopic (exact) mass is 613 g/mol. The minimum absolute atomic E-state index is 0.00327. The zero-order chi connectivity index (χ0) is 30.4. The van der Waals surface area contributed by atoms with Crippen LogP contribution in [-0.2, 0) is 30.3 Å². The fourth-order valence-corrected chi connectivity index (χ4v) is 6.20. The van der Waals surface area contributed by atoms with Gasteiger partial charge in [0.25, 0.3) is 0 Å². The largest absolute Gasteiger partial charge is 0.494 e. The SMILES string of the molecule is COCCCOc1ccc(C2C(OCCN3CCOCC3)CNC[C@@H]2OCc2ccc3c(c2)N(CCCOC)CCO3)cc1. The summed E-state index contributed by atoms with van der Waals surface area (Å²) in [5.41, 5.74) is 3.48. The molecule has 10 heteroatoms. The van der Waals surface area contributed by atoms with E-state index in [2.05, 4.69) is 57.6 Å². The molecule has 2 fully saturated rings. The zero-order valence-electron chi connectivity index (χ0n) is 26.5. The second-order valence-electron chi connectivity index (χ2n) is 11.6. The Morgan fingerprint density at radius 3 is 2.36 bits per heavy atom. The first kappa shape index (κ1) is 32.9. The van der Waals surface area contributed by atoms with Crippen molar-refractivity contribution in [3.05, 3.63) is 53.6 Å². The van der Waals surface area contributed by atoms with Crippen LogP contribution in [0, 0.1) is 0 Å². The Morgan fingerprint density at radius 1 is 0.795 bits per heavy atom. The summed E-state index contributed by atoms with van der Waals surface area (Å²) in [6.07, 6.45) is 1.80. The predicted octanol–water partition coefficient (Wildman–Crippen LogP) is 3.33. The van der Waals surface area contributed by atoms with E-state index in [1.165, 1.54) is 5.56 Å². The van der Waals surface area contributed by atoms with Crippen molar-refractivity contribution in [1.29, 1.82) is 0 Å². The summed E-state index contributed by atoms with van der Waals surface area (Å²) >= 11 is 0. The number of ether oxygens (including phenoxy) is 7. The van der Waals surface area contributed by atoms with Gasteiger partial charge in [0.1, 0.15) is 18.1 Å². The second-order valence-corrected chi connectivity index (χ2v) is 11.6. The maximum Gasteiger partial charge on any atom is 0.142 e. The topological polar surface area (TPSA) is 83.1 Å². The number of anilines is 1. The summed E-state index contributed by atoms with van der Waals surface area (Å²) in [4.78, 5) is 4.81. The molecule has 0 saturated carbocycles. The molecule has 3 heterocycles. The third-order valence-corrected chi connectivity index (χ3v) is 8.59. The van der Waals surface area contributed by atoms with Gasteiger partial charge in [0.15, 0.2) is 0 Å². The van der Waals surface area contributed by atoms with Gasteiger partial charge in [0, 0.05) is 79.0 Å². The molecule has 0 amide bonds. The molecule has 10 nitrogen and oxygen atoms in total. The molecule has 0 radical (unpaired) electrons. The fourth-order valence-electron chi connectivity index (χ4n) is 6.20. The van der Waals surface area contributed by atoms with Gasteiger partial charge < -0.3 is 43.4 Å². The van der Waals surface area contributed by atoms with E-state index < -0.39 is 0 Å². The van der Waals surface area contributed by atoms with E-state index in [0.29, 0.717) is 33.0 Å². The average Bonchev–Trinajstić information content (AvgIpc) is 3.07. The Kier molecular flexibility index (Phi) is 13.4. The van der Waals surface area contributed by atoms with Crippen molar-refractivity contribution in [3.63, 3.8) is 0 Å². The van der Waals surface area contributed by atoms with Crippen LogP contribution >= 0.6 is 0 Å². The molecular weight excluding hydrogens is 562 g/mol.